The highest BCUT2D eigenvalue weighted by atomic mass is 16.2. The molecule has 1 aliphatic rings. The van der Waals surface area contributed by atoms with Gasteiger partial charge in [0.2, 0.25) is 5.91 Å². The number of carbonyl (C=O) groups excluding carboxylic acids is 1. The highest BCUT2D eigenvalue weighted by Crippen LogP contribution is 2.14. The van der Waals surface area contributed by atoms with Crippen molar-refractivity contribution in [2.75, 3.05) is 38.1 Å². The maximum absolute atomic E-state index is 12.4. The molecule has 0 aliphatic carbocycles. The van der Waals surface area contributed by atoms with Gasteiger partial charge in [-0.3, -0.25) is 9.69 Å². The van der Waals surface area contributed by atoms with Crippen molar-refractivity contribution in [3.05, 3.63) is 30.3 Å². The number of carbonyl (C=O) groups is 1. The van der Waals surface area contributed by atoms with Crippen LogP contribution in [0.3, 0.4) is 0 Å². The van der Waals surface area contributed by atoms with E-state index in [1.54, 1.807) is 4.90 Å². The van der Waals surface area contributed by atoms with Gasteiger partial charge in [0, 0.05) is 25.3 Å². The zero-order valence-corrected chi connectivity index (χ0v) is 12.5. The molecule has 0 aromatic heterocycles. The molecule has 1 amide bonds. The number of likely N-dealkylation sites (N-methyl/N-ethyl adjacent to an activating group) is 2. The van der Waals surface area contributed by atoms with Crippen molar-refractivity contribution in [3.63, 3.8) is 0 Å². The van der Waals surface area contributed by atoms with Crippen LogP contribution in [0.2, 0.25) is 0 Å². The van der Waals surface area contributed by atoms with Crippen LogP contribution in [0.5, 0.6) is 0 Å². The molecule has 2 rings (SSSR count). The van der Waals surface area contributed by atoms with E-state index in [9.17, 15) is 4.79 Å². The monoisotopic (exact) mass is 275 g/mol. The third-order valence-corrected chi connectivity index (χ3v) is 4.05. The molecule has 1 saturated heterocycles. The van der Waals surface area contributed by atoms with Gasteiger partial charge in [0.25, 0.3) is 0 Å². The number of rotatable bonds is 5. The summed E-state index contributed by atoms with van der Waals surface area (Å²) >= 11 is 0. The molecule has 0 spiro atoms. The smallest absolute Gasteiger partial charge is 0.240 e. The van der Waals surface area contributed by atoms with Crippen LogP contribution < -0.4 is 10.2 Å². The van der Waals surface area contributed by atoms with Gasteiger partial charge in [-0.05, 0) is 38.1 Å². The summed E-state index contributed by atoms with van der Waals surface area (Å²) in [5, 5.41) is 3.42. The number of amides is 1. The van der Waals surface area contributed by atoms with E-state index in [4.69, 9.17) is 0 Å². The van der Waals surface area contributed by atoms with Crippen molar-refractivity contribution in [1.29, 1.82) is 0 Å². The van der Waals surface area contributed by atoms with Crippen LogP contribution in [0.25, 0.3) is 0 Å². The second kappa shape index (κ2) is 7.41. The Morgan fingerprint density at radius 2 is 2.10 bits per heavy atom. The van der Waals surface area contributed by atoms with Crippen molar-refractivity contribution in [3.8, 4) is 0 Å². The SMILES string of the molecule is CCN(CC(=O)N(C)c1ccccc1)C1CCCNC1. The minimum atomic E-state index is 0.156. The van der Waals surface area contributed by atoms with Crippen molar-refractivity contribution in [1.82, 2.24) is 10.2 Å². The van der Waals surface area contributed by atoms with Gasteiger partial charge in [-0.2, -0.15) is 0 Å². The summed E-state index contributed by atoms with van der Waals surface area (Å²) in [6.07, 6.45) is 2.38. The molecule has 1 aromatic rings. The number of hydrogen-bond acceptors (Lipinski definition) is 3. The van der Waals surface area contributed by atoms with E-state index in [1.165, 1.54) is 12.8 Å². The summed E-state index contributed by atoms with van der Waals surface area (Å²) in [5.74, 6) is 0.156. The molecular formula is C16H25N3O. The van der Waals surface area contributed by atoms with E-state index < -0.39 is 0 Å². The van der Waals surface area contributed by atoms with Crippen LogP contribution in [0.1, 0.15) is 19.8 Å². The fourth-order valence-corrected chi connectivity index (χ4v) is 2.72. The minimum Gasteiger partial charge on any atom is -0.315 e. The average Bonchev–Trinajstić information content (AvgIpc) is 2.53. The molecule has 110 valence electrons. The van der Waals surface area contributed by atoms with Gasteiger partial charge in [0.1, 0.15) is 0 Å². The normalized spacial score (nSPS) is 19.1. The standard InChI is InChI=1S/C16H25N3O/c1-3-19(15-10-7-11-17-12-15)13-16(20)18(2)14-8-5-4-6-9-14/h4-6,8-9,15,17H,3,7,10-13H2,1-2H3. The number of anilines is 1. The molecule has 0 saturated carbocycles. The molecule has 4 heteroatoms. The quantitative estimate of drug-likeness (QED) is 0.889. The Morgan fingerprint density at radius 1 is 1.35 bits per heavy atom. The van der Waals surface area contributed by atoms with Crippen LogP contribution in [-0.4, -0.2) is 50.1 Å². The predicted octanol–water partition coefficient (Wildman–Crippen LogP) is 1.72. The van der Waals surface area contributed by atoms with Gasteiger partial charge in [-0.25, -0.2) is 0 Å². The van der Waals surface area contributed by atoms with Gasteiger partial charge in [0.05, 0.1) is 6.54 Å². The summed E-state index contributed by atoms with van der Waals surface area (Å²) in [4.78, 5) is 16.5. The van der Waals surface area contributed by atoms with E-state index in [0.717, 1.165) is 25.3 Å². The largest absolute Gasteiger partial charge is 0.315 e. The zero-order valence-electron chi connectivity index (χ0n) is 12.5. The van der Waals surface area contributed by atoms with Gasteiger partial charge in [-0.1, -0.05) is 25.1 Å². The minimum absolute atomic E-state index is 0.156. The lowest BCUT2D eigenvalue weighted by molar-refractivity contribution is -0.120. The molecule has 1 N–H and O–H groups in total. The van der Waals surface area contributed by atoms with E-state index in [-0.39, 0.29) is 5.91 Å². The first-order valence-corrected chi connectivity index (χ1v) is 7.48. The molecule has 0 bridgehead atoms. The Labute approximate surface area is 121 Å². The number of hydrogen-bond donors (Lipinski definition) is 1. The van der Waals surface area contributed by atoms with Crippen LogP contribution >= 0.6 is 0 Å². The molecule has 1 heterocycles. The van der Waals surface area contributed by atoms with E-state index in [0.29, 0.717) is 12.6 Å². The summed E-state index contributed by atoms with van der Waals surface area (Å²) < 4.78 is 0. The first-order valence-electron chi connectivity index (χ1n) is 7.48. The summed E-state index contributed by atoms with van der Waals surface area (Å²) in [5.41, 5.74) is 0.954. The first-order chi connectivity index (χ1) is 9.72. The Balaban J connectivity index is 1.94. The number of nitrogens with one attached hydrogen (secondary N) is 1. The molecule has 0 radical (unpaired) electrons. The Morgan fingerprint density at radius 3 is 2.70 bits per heavy atom. The predicted molar refractivity (Wildman–Crippen MR) is 83.0 cm³/mol. The lowest BCUT2D eigenvalue weighted by Gasteiger charge is -2.34. The molecule has 1 aromatic carbocycles. The Hall–Kier alpha value is -1.39. The highest BCUT2D eigenvalue weighted by molar-refractivity contribution is 5.94. The average molecular weight is 275 g/mol. The van der Waals surface area contributed by atoms with Crippen LogP contribution in [-0.2, 0) is 4.79 Å². The maximum atomic E-state index is 12.4. The molecule has 4 nitrogen and oxygen atoms in total. The zero-order chi connectivity index (χ0) is 14.4. The van der Waals surface area contributed by atoms with Crippen molar-refractivity contribution < 1.29 is 4.79 Å². The topological polar surface area (TPSA) is 35.6 Å². The lowest BCUT2D eigenvalue weighted by Crippen LogP contribution is -2.49. The first kappa shape index (κ1) is 15.0. The summed E-state index contributed by atoms with van der Waals surface area (Å²) in [7, 11) is 1.85. The second-order valence-electron chi connectivity index (χ2n) is 5.35. The van der Waals surface area contributed by atoms with E-state index >= 15 is 0 Å². The number of piperidine rings is 1. The third-order valence-electron chi connectivity index (χ3n) is 4.05. The fourth-order valence-electron chi connectivity index (χ4n) is 2.72. The second-order valence-corrected chi connectivity index (χ2v) is 5.35. The lowest BCUT2D eigenvalue weighted by atomic mass is 10.1. The van der Waals surface area contributed by atoms with E-state index in [2.05, 4.69) is 17.1 Å². The summed E-state index contributed by atoms with van der Waals surface area (Å²) in [6, 6.07) is 10.3. The van der Waals surface area contributed by atoms with Crippen LogP contribution in [0.4, 0.5) is 5.69 Å². The molecule has 1 fully saturated rings. The van der Waals surface area contributed by atoms with Crippen molar-refractivity contribution in [2.45, 2.75) is 25.8 Å². The molecule has 1 unspecified atom stereocenters. The van der Waals surface area contributed by atoms with Gasteiger partial charge in [-0.15, -0.1) is 0 Å². The summed E-state index contributed by atoms with van der Waals surface area (Å²) in [6.45, 7) is 5.64. The fraction of sp³-hybridized carbons (Fsp3) is 0.562. The molecule has 1 atom stereocenters. The maximum Gasteiger partial charge on any atom is 0.240 e. The Kier molecular flexibility index (Phi) is 5.56. The van der Waals surface area contributed by atoms with E-state index in [1.807, 2.05) is 37.4 Å². The van der Waals surface area contributed by atoms with Gasteiger partial charge in [0.15, 0.2) is 0 Å². The van der Waals surface area contributed by atoms with Gasteiger partial charge < -0.3 is 10.2 Å². The van der Waals surface area contributed by atoms with Crippen molar-refractivity contribution in [2.24, 2.45) is 0 Å². The van der Waals surface area contributed by atoms with Gasteiger partial charge >= 0.3 is 0 Å². The third kappa shape index (κ3) is 3.81. The molecule has 1 aliphatic heterocycles. The number of para-hydroxylation sites is 1. The number of nitrogens with zero attached hydrogens (tertiary/aromatic N) is 2. The van der Waals surface area contributed by atoms with Crippen LogP contribution in [0.15, 0.2) is 30.3 Å². The van der Waals surface area contributed by atoms with Crippen molar-refractivity contribution >= 4 is 11.6 Å². The highest BCUT2D eigenvalue weighted by Gasteiger charge is 2.23. The number of benzene rings is 1. The molecule has 20 heavy (non-hydrogen) atoms. The molecular weight excluding hydrogens is 250 g/mol. The van der Waals surface area contributed by atoms with Crippen LogP contribution in [0, 0.1) is 0 Å². The Bertz CT molecular complexity index is 415.